The number of hydrogen-bond donors (Lipinski definition) is 4. The first-order valence-electron chi connectivity index (χ1n) is 12.3. The number of H-pyrrole nitrogens is 1. The summed E-state index contributed by atoms with van der Waals surface area (Å²) in [5.74, 6) is 0.379. The number of fused-ring (bicyclic) bond motifs is 4. The van der Waals surface area contributed by atoms with E-state index in [2.05, 4.69) is 9.88 Å². The molecular weight excluding hydrogens is 432 g/mol. The number of carbonyl (C=O) groups is 1. The van der Waals surface area contributed by atoms with Crippen molar-refractivity contribution >= 4 is 16.9 Å². The largest absolute Gasteiger partial charge is 0.504 e. The van der Waals surface area contributed by atoms with Gasteiger partial charge in [-0.2, -0.15) is 0 Å². The van der Waals surface area contributed by atoms with Crippen LogP contribution in [0.3, 0.4) is 0 Å². The van der Waals surface area contributed by atoms with Crippen molar-refractivity contribution in [3.63, 3.8) is 0 Å². The van der Waals surface area contributed by atoms with Gasteiger partial charge in [-0.15, -0.1) is 0 Å². The lowest BCUT2D eigenvalue weighted by Crippen LogP contribution is -2.74. The number of aromatic amines is 1. The predicted molar refractivity (Wildman–Crippen MR) is 123 cm³/mol. The van der Waals surface area contributed by atoms with Crippen molar-refractivity contribution in [3.05, 3.63) is 58.3 Å². The van der Waals surface area contributed by atoms with Crippen molar-refractivity contribution < 1.29 is 24.9 Å². The van der Waals surface area contributed by atoms with Gasteiger partial charge in [-0.05, 0) is 73.5 Å². The lowest BCUT2D eigenvalue weighted by molar-refractivity contribution is -0.173. The Kier molecular flexibility index (Phi) is 3.38. The van der Waals surface area contributed by atoms with E-state index in [1.54, 1.807) is 24.3 Å². The lowest BCUT2D eigenvalue weighted by atomic mass is 9.49. The summed E-state index contributed by atoms with van der Waals surface area (Å²) >= 11 is 0. The van der Waals surface area contributed by atoms with Gasteiger partial charge in [0.2, 0.25) is 0 Å². The first kappa shape index (κ1) is 19.3. The van der Waals surface area contributed by atoms with Crippen molar-refractivity contribution in [1.29, 1.82) is 0 Å². The Bertz CT molecular complexity index is 1420. The number of nitrogens with one attached hydrogen (secondary N) is 1. The van der Waals surface area contributed by atoms with Crippen LogP contribution in [0.5, 0.6) is 11.5 Å². The second-order valence-electron chi connectivity index (χ2n) is 11.0. The fourth-order valence-corrected chi connectivity index (χ4v) is 7.75. The zero-order chi connectivity index (χ0) is 23.0. The standard InChI is InChI=1S/C27H26N2O5/c30-19-6-4-14-10-20-27(33)11-17-16-9-15(25(31)32)3-5-18(16)28-22(17)24-26(27,21(14)23(19)34-24)7-8-29(20)12-13-1-2-13/h3-6,9,13,20,24,28,30,33H,1-2,7-8,10-12H2,(H,31,32)/t20-,24+,26+,27-/m1/s1. The number of carboxylic acids is 1. The third-order valence-electron chi connectivity index (χ3n) is 9.41. The van der Waals surface area contributed by atoms with Crippen LogP contribution in [0.2, 0.25) is 0 Å². The summed E-state index contributed by atoms with van der Waals surface area (Å²) in [6.07, 6.45) is 3.99. The summed E-state index contributed by atoms with van der Waals surface area (Å²) in [7, 11) is 0. The first-order valence-corrected chi connectivity index (χ1v) is 12.3. The number of likely N-dealkylation sites (tertiary alicyclic amines) is 1. The van der Waals surface area contributed by atoms with Crippen molar-refractivity contribution in [2.45, 2.75) is 55.3 Å². The van der Waals surface area contributed by atoms with E-state index < -0.39 is 23.1 Å². The zero-order valence-electron chi connectivity index (χ0n) is 18.7. The van der Waals surface area contributed by atoms with Crippen LogP contribution in [-0.4, -0.2) is 55.9 Å². The highest BCUT2D eigenvalue weighted by molar-refractivity contribution is 5.95. The highest BCUT2D eigenvalue weighted by Gasteiger charge is 2.72. The van der Waals surface area contributed by atoms with Crippen LogP contribution in [0.15, 0.2) is 30.3 Å². The Morgan fingerprint density at radius 3 is 2.88 bits per heavy atom. The SMILES string of the molecule is O=C(O)c1ccc2[nH]c3c(c2c1)C[C@@]1(O)[C@H]2Cc4ccc(O)c5c4[C@@]1(CCN2CC1CC1)[C@H]3O5. The molecule has 2 aliphatic heterocycles. The molecule has 7 nitrogen and oxygen atoms in total. The molecule has 1 saturated heterocycles. The Morgan fingerprint density at radius 2 is 2.09 bits per heavy atom. The van der Waals surface area contributed by atoms with Gasteiger partial charge in [0.1, 0.15) is 0 Å². The van der Waals surface area contributed by atoms with E-state index in [0.717, 1.165) is 65.1 Å². The zero-order valence-corrected chi connectivity index (χ0v) is 18.7. The van der Waals surface area contributed by atoms with Crippen molar-refractivity contribution in [1.82, 2.24) is 9.88 Å². The minimum Gasteiger partial charge on any atom is -0.504 e. The number of aliphatic hydroxyl groups is 1. The fourth-order valence-electron chi connectivity index (χ4n) is 7.75. The molecule has 2 fully saturated rings. The number of piperidine rings is 1. The van der Waals surface area contributed by atoms with E-state index in [1.165, 1.54) is 12.8 Å². The van der Waals surface area contributed by atoms with Gasteiger partial charge < -0.3 is 25.0 Å². The summed E-state index contributed by atoms with van der Waals surface area (Å²) in [4.78, 5) is 17.7. The quantitative estimate of drug-likeness (QED) is 0.480. The summed E-state index contributed by atoms with van der Waals surface area (Å²) in [5, 5.41) is 33.9. The number of aromatic nitrogens is 1. The minimum absolute atomic E-state index is 0.0447. The molecule has 1 spiro atoms. The van der Waals surface area contributed by atoms with Crippen molar-refractivity contribution in [2.75, 3.05) is 13.1 Å². The molecule has 1 saturated carbocycles. The predicted octanol–water partition coefficient (Wildman–Crippen LogP) is 3.27. The molecule has 3 aromatic rings. The molecule has 3 heterocycles. The highest BCUT2D eigenvalue weighted by Crippen LogP contribution is 2.69. The van der Waals surface area contributed by atoms with Crippen LogP contribution >= 0.6 is 0 Å². The fraction of sp³-hybridized carbons (Fsp3) is 0.444. The number of ether oxygens (including phenoxy) is 1. The van der Waals surface area contributed by atoms with E-state index in [4.69, 9.17) is 4.74 Å². The molecule has 3 aliphatic carbocycles. The molecule has 2 bridgehead atoms. The van der Waals surface area contributed by atoms with Gasteiger partial charge in [0, 0.05) is 35.5 Å². The summed E-state index contributed by atoms with van der Waals surface area (Å²) in [6.45, 7) is 1.91. The minimum atomic E-state index is -1.07. The van der Waals surface area contributed by atoms with Crippen LogP contribution in [0.1, 0.15) is 58.1 Å². The number of aromatic hydroxyl groups is 1. The molecule has 7 heteroatoms. The maximum atomic E-state index is 12.8. The number of hydrogen-bond acceptors (Lipinski definition) is 5. The first-order chi connectivity index (χ1) is 16.4. The van der Waals surface area contributed by atoms with Gasteiger partial charge >= 0.3 is 5.97 Å². The number of carboxylic acid groups (broad SMARTS) is 1. The average molecular weight is 459 g/mol. The van der Waals surface area contributed by atoms with E-state index in [9.17, 15) is 20.1 Å². The van der Waals surface area contributed by atoms with Crippen molar-refractivity contribution in [3.8, 4) is 11.5 Å². The Balaban J connectivity index is 1.40. The topological polar surface area (TPSA) is 106 Å². The Morgan fingerprint density at radius 1 is 1.24 bits per heavy atom. The van der Waals surface area contributed by atoms with Gasteiger partial charge in [0.25, 0.3) is 0 Å². The summed E-state index contributed by atoms with van der Waals surface area (Å²) < 4.78 is 6.56. The van der Waals surface area contributed by atoms with Crippen LogP contribution in [0, 0.1) is 5.92 Å². The molecule has 4 atom stereocenters. The molecule has 0 unspecified atom stereocenters. The molecule has 34 heavy (non-hydrogen) atoms. The van der Waals surface area contributed by atoms with Crippen LogP contribution in [0.25, 0.3) is 10.9 Å². The third-order valence-corrected chi connectivity index (χ3v) is 9.41. The Labute approximate surface area is 196 Å². The van der Waals surface area contributed by atoms with Gasteiger partial charge in [0.15, 0.2) is 17.6 Å². The molecule has 1 aromatic heterocycles. The average Bonchev–Trinajstić information content (AvgIpc) is 3.45. The summed E-state index contributed by atoms with van der Waals surface area (Å²) in [6, 6.07) is 8.81. The van der Waals surface area contributed by atoms with Crippen LogP contribution in [0.4, 0.5) is 0 Å². The monoisotopic (exact) mass is 458 g/mol. The second kappa shape index (κ2) is 5.96. The molecule has 0 amide bonds. The van der Waals surface area contributed by atoms with E-state index in [0.29, 0.717) is 12.2 Å². The molecule has 2 aromatic carbocycles. The van der Waals surface area contributed by atoms with E-state index >= 15 is 0 Å². The van der Waals surface area contributed by atoms with Gasteiger partial charge in [-0.3, -0.25) is 4.90 Å². The highest BCUT2D eigenvalue weighted by atomic mass is 16.5. The smallest absolute Gasteiger partial charge is 0.335 e. The maximum absolute atomic E-state index is 12.8. The Hall–Kier alpha value is -3.03. The van der Waals surface area contributed by atoms with E-state index in [1.807, 2.05) is 6.07 Å². The maximum Gasteiger partial charge on any atom is 0.335 e. The molecule has 8 rings (SSSR count). The number of phenols is 1. The molecule has 5 aliphatic rings. The van der Waals surface area contributed by atoms with Crippen LogP contribution in [-0.2, 0) is 18.3 Å². The summed E-state index contributed by atoms with van der Waals surface area (Å²) in [5.41, 5.74) is 3.37. The second-order valence-corrected chi connectivity index (χ2v) is 11.0. The number of aromatic carboxylic acids is 1. The molecule has 0 radical (unpaired) electrons. The van der Waals surface area contributed by atoms with E-state index in [-0.39, 0.29) is 17.4 Å². The van der Waals surface area contributed by atoms with Crippen molar-refractivity contribution in [2.24, 2.45) is 5.92 Å². The van der Waals surface area contributed by atoms with Crippen LogP contribution < -0.4 is 4.74 Å². The van der Waals surface area contributed by atoms with Gasteiger partial charge in [0.05, 0.1) is 22.3 Å². The lowest BCUT2D eigenvalue weighted by Gasteiger charge is -2.62. The number of nitrogens with zero attached hydrogens (tertiary/aromatic N) is 1. The molecule has 174 valence electrons. The number of rotatable bonds is 3. The number of benzene rings is 2. The third kappa shape index (κ3) is 2.10. The molecule has 4 N–H and O–H groups in total. The normalized spacial score (nSPS) is 32.9. The van der Waals surface area contributed by atoms with Gasteiger partial charge in [-0.1, -0.05) is 6.07 Å². The number of phenolic OH excluding ortho intramolecular Hbond substituents is 1. The van der Waals surface area contributed by atoms with Gasteiger partial charge in [-0.25, -0.2) is 4.79 Å². The molecular formula is C27H26N2O5.